The Morgan fingerprint density at radius 3 is 2.95 bits per heavy atom. The highest BCUT2D eigenvalue weighted by Gasteiger charge is 2.31. The van der Waals surface area contributed by atoms with Crippen LogP contribution < -0.4 is 11.5 Å². The molecule has 1 fully saturated rings. The van der Waals surface area contributed by atoms with Gasteiger partial charge < -0.3 is 10.2 Å². The summed E-state index contributed by atoms with van der Waals surface area (Å²) in [6.45, 7) is 2.87. The lowest BCUT2D eigenvalue weighted by Gasteiger charge is -2.34. The van der Waals surface area contributed by atoms with Crippen LogP contribution in [0.25, 0.3) is 11.1 Å². The molecule has 1 aromatic carbocycles. The lowest BCUT2D eigenvalue weighted by molar-refractivity contribution is 0.193. The maximum Gasteiger partial charge on any atom is 0.420 e. The summed E-state index contributed by atoms with van der Waals surface area (Å²) in [5, 5.41) is 0. The molecule has 1 aliphatic carbocycles. The van der Waals surface area contributed by atoms with E-state index in [9.17, 15) is 4.79 Å². The van der Waals surface area contributed by atoms with Crippen molar-refractivity contribution in [2.45, 2.75) is 32.2 Å². The van der Waals surface area contributed by atoms with E-state index in [4.69, 9.17) is 10.2 Å². The Kier molecular flexibility index (Phi) is 3.19. The second-order valence-corrected chi connectivity index (χ2v) is 5.69. The van der Waals surface area contributed by atoms with Gasteiger partial charge in [0, 0.05) is 6.04 Å². The smallest absolute Gasteiger partial charge is 0.408 e. The highest BCUT2D eigenvalue weighted by molar-refractivity contribution is 5.72. The fraction of sp³-hybridized carbons (Fsp3) is 0.533. The average molecular weight is 260 g/mol. The molecule has 4 heteroatoms. The summed E-state index contributed by atoms with van der Waals surface area (Å²) in [7, 11) is 0. The van der Waals surface area contributed by atoms with Gasteiger partial charge in [0.25, 0.3) is 0 Å². The molecule has 19 heavy (non-hydrogen) atoms. The molecule has 3 atom stereocenters. The fourth-order valence-corrected chi connectivity index (χ4v) is 3.30. The van der Waals surface area contributed by atoms with Crippen LogP contribution in [0, 0.1) is 11.8 Å². The Morgan fingerprint density at radius 1 is 1.37 bits per heavy atom. The average Bonchev–Trinajstić information content (AvgIpc) is 2.74. The Bertz CT molecular complexity index is 628. The van der Waals surface area contributed by atoms with Gasteiger partial charge in [-0.3, -0.25) is 4.57 Å². The van der Waals surface area contributed by atoms with Crippen LogP contribution in [0.3, 0.4) is 0 Å². The van der Waals surface area contributed by atoms with Crippen molar-refractivity contribution in [3.63, 3.8) is 0 Å². The number of hydrogen-bond acceptors (Lipinski definition) is 3. The van der Waals surface area contributed by atoms with Crippen molar-refractivity contribution < 1.29 is 4.42 Å². The van der Waals surface area contributed by atoms with Crippen LogP contribution in [0.5, 0.6) is 0 Å². The van der Waals surface area contributed by atoms with Crippen molar-refractivity contribution in [2.24, 2.45) is 17.6 Å². The minimum Gasteiger partial charge on any atom is -0.408 e. The number of nitrogens with zero attached hydrogens (tertiary/aromatic N) is 1. The molecular weight excluding hydrogens is 240 g/mol. The van der Waals surface area contributed by atoms with Gasteiger partial charge in [-0.05, 0) is 43.4 Å². The van der Waals surface area contributed by atoms with Gasteiger partial charge in [0.15, 0.2) is 5.58 Å². The molecular formula is C15H20N2O2. The molecule has 2 aromatic rings. The van der Waals surface area contributed by atoms with E-state index in [-0.39, 0.29) is 11.8 Å². The number of benzene rings is 1. The third-order valence-corrected chi connectivity index (χ3v) is 4.37. The van der Waals surface area contributed by atoms with Crippen LogP contribution in [0.2, 0.25) is 0 Å². The maximum atomic E-state index is 12.2. The number of para-hydroxylation sites is 2. The zero-order chi connectivity index (χ0) is 13.4. The van der Waals surface area contributed by atoms with Crippen molar-refractivity contribution in [3.05, 3.63) is 34.8 Å². The van der Waals surface area contributed by atoms with Gasteiger partial charge in [0.1, 0.15) is 0 Å². The minimum atomic E-state index is -0.251. The molecule has 0 radical (unpaired) electrons. The van der Waals surface area contributed by atoms with Crippen molar-refractivity contribution in [3.8, 4) is 0 Å². The third kappa shape index (κ3) is 2.10. The van der Waals surface area contributed by atoms with Crippen LogP contribution in [-0.2, 0) is 0 Å². The van der Waals surface area contributed by atoms with Crippen molar-refractivity contribution >= 4 is 11.1 Å². The first kappa shape index (κ1) is 12.5. The minimum absolute atomic E-state index is 0.171. The predicted octanol–water partition coefficient (Wildman–Crippen LogP) is 2.53. The van der Waals surface area contributed by atoms with E-state index in [0.717, 1.165) is 18.4 Å². The molecule has 3 unspecified atom stereocenters. The molecule has 0 saturated heterocycles. The number of fused-ring (bicyclic) bond motifs is 1. The van der Waals surface area contributed by atoms with E-state index in [1.807, 2.05) is 28.8 Å². The molecule has 1 heterocycles. The van der Waals surface area contributed by atoms with E-state index < -0.39 is 0 Å². The summed E-state index contributed by atoms with van der Waals surface area (Å²) in [6, 6.07) is 7.80. The summed E-state index contributed by atoms with van der Waals surface area (Å²) in [4.78, 5) is 12.2. The molecule has 0 amide bonds. The zero-order valence-corrected chi connectivity index (χ0v) is 11.2. The standard InChI is InChI=1S/C15H20N2O2/c1-10-6-7-11(9-16)13(8-10)17-12-4-2-3-5-14(12)19-15(17)18/h2-5,10-11,13H,6-9,16H2,1H3. The van der Waals surface area contributed by atoms with Crippen LogP contribution >= 0.6 is 0 Å². The van der Waals surface area contributed by atoms with Gasteiger partial charge >= 0.3 is 5.76 Å². The number of rotatable bonds is 2. The molecule has 0 spiro atoms. The van der Waals surface area contributed by atoms with Crippen LogP contribution in [0.15, 0.2) is 33.5 Å². The van der Waals surface area contributed by atoms with Crippen molar-refractivity contribution in [1.82, 2.24) is 4.57 Å². The molecule has 1 aromatic heterocycles. The van der Waals surface area contributed by atoms with E-state index in [2.05, 4.69) is 6.92 Å². The summed E-state index contributed by atoms with van der Waals surface area (Å²) in [5.41, 5.74) is 7.45. The monoisotopic (exact) mass is 260 g/mol. The Morgan fingerprint density at radius 2 is 2.16 bits per heavy atom. The van der Waals surface area contributed by atoms with Gasteiger partial charge in [-0.25, -0.2) is 4.79 Å². The van der Waals surface area contributed by atoms with Gasteiger partial charge in [-0.1, -0.05) is 25.5 Å². The zero-order valence-electron chi connectivity index (χ0n) is 11.2. The fourth-order valence-electron chi connectivity index (χ4n) is 3.30. The van der Waals surface area contributed by atoms with Crippen LogP contribution in [0.4, 0.5) is 0 Å². The number of hydrogen-bond donors (Lipinski definition) is 1. The Hall–Kier alpha value is -1.55. The predicted molar refractivity (Wildman–Crippen MR) is 75.1 cm³/mol. The first-order valence-corrected chi connectivity index (χ1v) is 7.01. The molecule has 0 aliphatic heterocycles. The SMILES string of the molecule is CC1CCC(CN)C(n2c(=O)oc3ccccc32)C1. The molecule has 1 saturated carbocycles. The molecule has 0 bridgehead atoms. The van der Waals surface area contributed by atoms with E-state index in [0.29, 0.717) is 24.0 Å². The topological polar surface area (TPSA) is 61.2 Å². The highest BCUT2D eigenvalue weighted by atomic mass is 16.4. The van der Waals surface area contributed by atoms with Gasteiger partial charge in [-0.2, -0.15) is 0 Å². The second-order valence-electron chi connectivity index (χ2n) is 5.69. The first-order valence-electron chi connectivity index (χ1n) is 7.01. The molecule has 2 N–H and O–H groups in total. The summed E-state index contributed by atoms with van der Waals surface area (Å²) < 4.78 is 7.17. The largest absolute Gasteiger partial charge is 0.420 e. The third-order valence-electron chi connectivity index (χ3n) is 4.37. The molecule has 3 rings (SSSR count). The van der Waals surface area contributed by atoms with Crippen LogP contribution in [0.1, 0.15) is 32.2 Å². The normalized spacial score (nSPS) is 27.8. The lowest BCUT2D eigenvalue weighted by atomic mass is 9.79. The van der Waals surface area contributed by atoms with Gasteiger partial charge in [-0.15, -0.1) is 0 Å². The van der Waals surface area contributed by atoms with Crippen molar-refractivity contribution in [2.75, 3.05) is 6.54 Å². The first-order chi connectivity index (χ1) is 9.20. The van der Waals surface area contributed by atoms with Crippen molar-refractivity contribution in [1.29, 1.82) is 0 Å². The lowest BCUT2D eigenvalue weighted by Crippen LogP contribution is -2.35. The molecule has 1 aliphatic rings. The van der Waals surface area contributed by atoms with E-state index >= 15 is 0 Å². The molecule has 102 valence electrons. The van der Waals surface area contributed by atoms with Crippen LogP contribution in [-0.4, -0.2) is 11.1 Å². The maximum absolute atomic E-state index is 12.2. The Balaban J connectivity index is 2.11. The highest BCUT2D eigenvalue weighted by Crippen LogP contribution is 2.37. The summed E-state index contributed by atoms with van der Waals surface area (Å²) in [6.07, 6.45) is 3.29. The quantitative estimate of drug-likeness (QED) is 0.902. The van der Waals surface area contributed by atoms with E-state index in [1.165, 1.54) is 6.42 Å². The second kappa shape index (κ2) is 4.85. The number of nitrogens with two attached hydrogens (primary N) is 1. The van der Waals surface area contributed by atoms with E-state index in [1.54, 1.807) is 0 Å². The number of oxazole rings is 1. The van der Waals surface area contributed by atoms with Gasteiger partial charge in [0.2, 0.25) is 0 Å². The summed E-state index contributed by atoms with van der Waals surface area (Å²) in [5.74, 6) is 0.752. The summed E-state index contributed by atoms with van der Waals surface area (Å²) >= 11 is 0. The molecule has 4 nitrogen and oxygen atoms in total. The Labute approximate surface area is 112 Å². The van der Waals surface area contributed by atoms with Gasteiger partial charge in [0.05, 0.1) is 5.52 Å². The number of aromatic nitrogens is 1.